The molecule has 3 rings (SSSR count). The van der Waals surface area contributed by atoms with Crippen LogP contribution in [0.3, 0.4) is 0 Å². The molecule has 2 aromatic carbocycles. The number of likely N-dealkylation sites (tertiary alicyclic amines) is 1. The normalized spacial score (nSPS) is 17.6. The van der Waals surface area contributed by atoms with Gasteiger partial charge in [0.05, 0.1) is 18.2 Å². The molecule has 0 saturated carbocycles. The van der Waals surface area contributed by atoms with Crippen molar-refractivity contribution in [2.24, 2.45) is 5.41 Å². The molecule has 1 fully saturated rings. The number of rotatable bonds is 3. The summed E-state index contributed by atoms with van der Waals surface area (Å²) >= 11 is 0. The number of methoxy groups -OCH3 is 1. The zero-order chi connectivity index (χ0) is 30.9. The summed E-state index contributed by atoms with van der Waals surface area (Å²) in [6, 6.07) is 7.59. The number of alkyl halides is 8. The molecule has 0 aliphatic carbocycles. The van der Waals surface area contributed by atoms with Crippen molar-refractivity contribution in [1.29, 1.82) is 0 Å². The van der Waals surface area contributed by atoms with Gasteiger partial charge < -0.3 is 4.74 Å². The zero-order valence-corrected chi connectivity index (χ0v) is 23.5. The Balaban J connectivity index is 0.000000616. The third kappa shape index (κ3) is 12.7. The van der Waals surface area contributed by atoms with Gasteiger partial charge in [-0.15, -0.1) is 0 Å². The fourth-order valence-corrected chi connectivity index (χ4v) is 3.42. The smallest absolute Gasteiger partial charge is 0.416 e. The highest BCUT2D eigenvalue weighted by Gasteiger charge is 2.41. The highest BCUT2D eigenvalue weighted by Crippen LogP contribution is 2.41. The van der Waals surface area contributed by atoms with Crippen molar-refractivity contribution >= 4 is 5.97 Å². The Kier molecular flexibility index (Phi) is 12.6. The van der Waals surface area contributed by atoms with Crippen molar-refractivity contribution in [2.75, 3.05) is 13.7 Å². The first-order valence-corrected chi connectivity index (χ1v) is 12.7. The predicted molar refractivity (Wildman–Crippen MR) is 138 cm³/mol. The van der Waals surface area contributed by atoms with E-state index in [-0.39, 0.29) is 19.1 Å². The van der Waals surface area contributed by atoms with Crippen LogP contribution in [0.4, 0.5) is 35.1 Å². The van der Waals surface area contributed by atoms with Gasteiger partial charge in [-0.2, -0.15) is 26.3 Å². The summed E-state index contributed by atoms with van der Waals surface area (Å²) in [6.07, 6.45) is -8.74. The van der Waals surface area contributed by atoms with Gasteiger partial charge in [0.15, 0.2) is 0 Å². The van der Waals surface area contributed by atoms with E-state index in [4.69, 9.17) is 0 Å². The lowest BCUT2D eigenvalue weighted by atomic mass is 9.91. The number of carbonyl (C=O) groups excluding carboxylic acids is 1. The summed E-state index contributed by atoms with van der Waals surface area (Å²) in [5, 5.41) is 0. The molecule has 1 unspecified atom stereocenters. The Morgan fingerprint density at radius 3 is 1.65 bits per heavy atom. The molecule has 1 aliphatic heterocycles. The summed E-state index contributed by atoms with van der Waals surface area (Å²) in [5.74, 6) is -3.21. The largest absolute Gasteiger partial charge is 0.469 e. The minimum absolute atomic E-state index is 0.0281. The maximum absolute atomic E-state index is 14.0. The zero-order valence-electron chi connectivity index (χ0n) is 23.5. The number of ether oxygens (including phenoxy) is 1. The predicted octanol–water partition coefficient (Wildman–Crippen LogP) is 9.32. The molecule has 3 nitrogen and oxygen atoms in total. The van der Waals surface area contributed by atoms with Crippen LogP contribution < -0.4 is 0 Å². The van der Waals surface area contributed by atoms with Gasteiger partial charge in [-0.3, -0.25) is 9.69 Å². The second-order valence-corrected chi connectivity index (χ2v) is 10.7. The molecule has 1 aliphatic rings. The standard InChI is InChI=1S/C20H17F8N.C6H14.C3H6O2/c21-18(22)9-10-29(12-13-1-5-15(6-2-13)19(23,24)25)17(11-18)14-3-7-16(8-4-14)20(26,27)28;1-5-6(2,3)4;1-3(4)5-2/h1-8,17H,9-12H2;5H2,1-4H3;1-2H3. The number of carbonyl (C=O) groups is 1. The Morgan fingerprint density at radius 2 is 1.30 bits per heavy atom. The lowest BCUT2D eigenvalue weighted by Crippen LogP contribution is -2.41. The molecular weight excluding hydrogens is 546 g/mol. The topological polar surface area (TPSA) is 29.5 Å². The summed E-state index contributed by atoms with van der Waals surface area (Å²) in [5.41, 5.74) is -0.340. The lowest BCUT2D eigenvalue weighted by Gasteiger charge is -2.39. The summed E-state index contributed by atoms with van der Waals surface area (Å²) < 4.78 is 108. The first-order valence-electron chi connectivity index (χ1n) is 12.7. The Labute approximate surface area is 230 Å². The second kappa shape index (κ2) is 14.3. The van der Waals surface area contributed by atoms with Gasteiger partial charge in [0.1, 0.15) is 0 Å². The van der Waals surface area contributed by atoms with E-state index in [0.29, 0.717) is 16.5 Å². The van der Waals surface area contributed by atoms with Crippen LogP contribution in [0.25, 0.3) is 0 Å². The maximum Gasteiger partial charge on any atom is 0.416 e. The first kappa shape index (κ1) is 35.3. The van der Waals surface area contributed by atoms with E-state index >= 15 is 0 Å². The highest BCUT2D eigenvalue weighted by atomic mass is 19.4. The van der Waals surface area contributed by atoms with E-state index in [2.05, 4.69) is 32.4 Å². The fourth-order valence-electron chi connectivity index (χ4n) is 3.42. The van der Waals surface area contributed by atoms with Gasteiger partial charge in [-0.05, 0) is 40.8 Å². The van der Waals surface area contributed by atoms with Crippen LogP contribution in [0, 0.1) is 5.41 Å². The molecule has 0 spiro atoms. The molecule has 2 aromatic rings. The molecule has 1 heterocycles. The number of esters is 1. The minimum Gasteiger partial charge on any atom is -0.469 e. The van der Waals surface area contributed by atoms with Crippen molar-refractivity contribution in [3.63, 3.8) is 0 Å². The number of hydrogen-bond donors (Lipinski definition) is 0. The molecule has 0 amide bonds. The van der Waals surface area contributed by atoms with E-state index < -0.39 is 48.3 Å². The Hall–Kier alpha value is -2.69. The summed E-state index contributed by atoms with van der Waals surface area (Å²) in [6.45, 7) is 10.4. The quantitative estimate of drug-likeness (QED) is 0.266. The number of halogens is 8. The third-order valence-corrected chi connectivity index (χ3v) is 6.34. The average molecular weight is 584 g/mol. The van der Waals surface area contributed by atoms with Gasteiger partial charge in [0.2, 0.25) is 0 Å². The fraction of sp³-hybridized carbons (Fsp3) is 0.552. The number of hydrogen-bond acceptors (Lipinski definition) is 3. The second-order valence-electron chi connectivity index (χ2n) is 10.7. The summed E-state index contributed by atoms with van der Waals surface area (Å²) in [7, 11) is 1.35. The maximum atomic E-state index is 14.0. The molecule has 1 saturated heterocycles. The van der Waals surface area contributed by atoms with Gasteiger partial charge in [-0.1, -0.05) is 58.4 Å². The van der Waals surface area contributed by atoms with E-state index in [0.717, 1.165) is 24.3 Å². The van der Waals surface area contributed by atoms with Gasteiger partial charge in [-0.25, -0.2) is 8.78 Å². The van der Waals surface area contributed by atoms with E-state index in [9.17, 15) is 39.9 Å². The molecule has 0 bridgehead atoms. The van der Waals surface area contributed by atoms with Crippen LogP contribution in [-0.2, 0) is 28.4 Å². The first-order chi connectivity index (χ1) is 18.2. The number of piperidine rings is 1. The molecule has 0 N–H and O–H groups in total. The van der Waals surface area contributed by atoms with Crippen LogP contribution in [0.5, 0.6) is 0 Å². The van der Waals surface area contributed by atoms with Crippen LogP contribution in [0.15, 0.2) is 48.5 Å². The molecule has 0 aromatic heterocycles. The van der Waals surface area contributed by atoms with Crippen LogP contribution in [0.2, 0.25) is 0 Å². The highest BCUT2D eigenvalue weighted by molar-refractivity contribution is 5.65. The van der Waals surface area contributed by atoms with Gasteiger partial charge >= 0.3 is 18.3 Å². The van der Waals surface area contributed by atoms with Crippen LogP contribution in [0.1, 0.15) is 82.2 Å². The van der Waals surface area contributed by atoms with Crippen molar-refractivity contribution < 1.29 is 44.7 Å². The van der Waals surface area contributed by atoms with Crippen LogP contribution in [-0.4, -0.2) is 30.4 Å². The van der Waals surface area contributed by atoms with Gasteiger partial charge in [0.25, 0.3) is 5.92 Å². The Bertz CT molecular complexity index is 1040. The van der Waals surface area contributed by atoms with E-state index in [1.165, 1.54) is 44.7 Å². The minimum atomic E-state index is -4.53. The van der Waals surface area contributed by atoms with Crippen molar-refractivity contribution in [2.45, 2.75) is 84.7 Å². The van der Waals surface area contributed by atoms with Crippen molar-refractivity contribution in [3.05, 3.63) is 70.8 Å². The average Bonchev–Trinajstić information content (AvgIpc) is 2.84. The molecule has 40 heavy (non-hydrogen) atoms. The lowest BCUT2D eigenvalue weighted by molar-refractivity contribution is -0.138. The van der Waals surface area contributed by atoms with Crippen molar-refractivity contribution in [3.8, 4) is 0 Å². The van der Waals surface area contributed by atoms with E-state index in [1.54, 1.807) is 4.90 Å². The van der Waals surface area contributed by atoms with E-state index in [1.807, 2.05) is 0 Å². The molecule has 0 radical (unpaired) electrons. The molecule has 1 atom stereocenters. The molecule has 226 valence electrons. The summed E-state index contributed by atoms with van der Waals surface area (Å²) in [4.78, 5) is 11.2. The monoisotopic (exact) mass is 583 g/mol. The third-order valence-electron chi connectivity index (χ3n) is 6.34. The number of nitrogens with zero attached hydrogens (tertiary/aromatic N) is 1. The molecule has 11 heteroatoms. The van der Waals surface area contributed by atoms with Crippen LogP contribution >= 0.6 is 0 Å². The van der Waals surface area contributed by atoms with Gasteiger partial charge in [0, 0.05) is 38.9 Å². The van der Waals surface area contributed by atoms with Crippen molar-refractivity contribution in [1.82, 2.24) is 4.90 Å². The molecular formula is C29H37F8NO2. The Morgan fingerprint density at radius 1 is 0.900 bits per heavy atom. The SMILES string of the molecule is CCC(C)(C)C.COC(C)=O.FC1(F)CCN(Cc2ccc(C(F)(F)F)cc2)C(c2ccc(C(F)(F)F)cc2)C1. The number of benzene rings is 2.